The van der Waals surface area contributed by atoms with E-state index in [-0.39, 0.29) is 17.4 Å². The van der Waals surface area contributed by atoms with Crippen molar-refractivity contribution in [2.24, 2.45) is 12.5 Å². The minimum atomic E-state index is -0.176. The predicted octanol–water partition coefficient (Wildman–Crippen LogP) is 1.69. The Bertz CT molecular complexity index is 516. The first kappa shape index (κ1) is 14.6. The second-order valence-corrected chi connectivity index (χ2v) is 6.47. The van der Waals surface area contributed by atoms with Crippen LogP contribution in [0.5, 0.6) is 0 Å². The molecule has 1 aromatic heterocycles. The first-order valence-electron chi connectivity index (χ1n) is 8.19. The van der Waals surface area contributed by atoms with Crippen molar-refractivity contribution in [3.8, 4) is 0 Å². The van der Waals surface area contributed by atoms with E-state index < -0.39 is 0 Å². The summed E-state index contributed by atoms with van der Waals surface area (Å²) in [5.74, 6) is 0.244. The maximum absolute atomic E-state index is 12.9. The zero-order chi connectivity index (χ0) is 14.9. The number of aryl methyl sites for hydroxylation is 1. The highest BCUT2D eigenvalue weighted by molar-refractivity contribution is 5.83. The topological polar surface area (TPSA) is 59.0 Å². The molecule has 1 atom stereocenters. The molecule has 116 valence electrons. The molecule has 1 unspecified atom stereocenters. The van der Waals surface area contributed by atoms with Gasteiger partial charge in [0.2, 0.25) is 5.91 Å². The highest BCUT2D eigenvalue weighted by Gasteiger charge is 2.39. The van der Waals surface area contributed by atoms with E-state index >= 15 is 0 Å². The fraction of sp³-hybridized carbons (Fsp3) is 0.750. The third-order valence-corrected chi connectivity index (χ3v) is 5.40. The Morgan fingerprint density at radius 1 is 1.52 bits per heavy atom. The van der Waals surface area contributed by atoms with Gasteiger partial charge in [0.1, 0.15) is 0 Å². The van der Waals surface area contributed by atoms with E-state index in [2.05, 4.69) is 22.7 Å². The molecule has 0 bridgehead atoms. The summed E-state index contributed by atoms with van der Waals surface area (Å²) in [6.45, 7) is 4.04. The predicted molar refractivity (Wildman–Crippen MR) is 81.9 cm³/mol. The van der Waals surface area contributed by atoms with Gasteiger partial charge in [-0.1, -0.05) is 6.92 Å². The molecule has 2 heterocycles. The van der Waals surface area contributed by atoms with Crippen LogP contribution in [0.25, 0.3) is 0 Å². The summed E-state index contributed by atoms with van der Waals surface area (Å²) in [7, 11) is 1.99. The number of hydrogen-bond donors (Lipinski definition) is 2. The highest BCUT2D eigenvalue weighted by atomic mass is 16.2. The molecule has 5 heteroatoms. The second-order valence-electron chi connectivity index (χ2n) is 6.47. The highest BCUT2D eigenvalue weighted by Crippen LogP contribution is 2.35. The summed E-state index contributed by atoms with van der Waals surface area (Å²) in [6, 6.07) is 0.147. The number of hydrogen-bond acceptors (Lipinski definition) is 3. The molecule has 0 saturated carbocycles. The number of nitrogens with one attached hydrogen (secondary N) is 2. The van der Waals surface area contributed by atoms with Crippen LogP contribution < -0.4 is 10.6 Å². The van der Waals surface area contributed by atoms with E-state index in [9.17, 15) is 4.79 Å². The third kappa shape index (κ3) is 2.59. The van der Waals surface area contributed by atoms with Crippen LogP contribution in [0.15, 0.2) is 6.20 Å². The SMILES string of the molecule is CCC1(C(=O)NC2CCCc3c2cnn3C)CCNCC1. The van der Waals surface area contributed by atoms with Crippen LogP contribution in [-0.4, -0.2) is 28.8 Å². The lowest BCUT2D eigenvalue weighted by atomic mass is 9.75. The van der Waals surface area contributed by atoms with Crippen LogP contribution in [0.1, 0.15) is 56.3 Å². The fourth-order valence-corrected chi connectivity index (χ4v) is 3.81. The standard InChI is InChI=1S/C16H26N4O/c1-3-16(7-9-17-10-8-16)15(21)19-13-5-4-6-14-12(13)11-18-20(14)2/h11,13,17H,3-10H2,1-2H3,(H,19,21). The third-order valence-electron chi connectivity index (χ3n) is 5.40. The molecule has 1 aromatic rings. The van der Waals surface area contributed by atoms with Crippen LogP contribution in [0, 0.1) is 5.41 Å². The second kappa shape index (κ2) is 5.79. The Labute approximate surface area is 126 Å². The monoisotopic (exact) mass is 290 g/mol. The lowest BCUT2D eigenvalue weighted by Gasteiger charge is -2.37. The maximum Gasteiger partial charge on any atom is 0.226 e. The summed E-state index contributed by atoms with van der Waals surface area (Å²) < 4.78 is 1.95. The molecular formula is C16H26N4O. The van der Waals surface area contributed by atoms with Gasteiger partial charge in [-0.05, 0) is 51.6 Å². The first-order valence-corrected chi connectivity index (χ1v) is 8.19. The zero-order valence-electron chi connectivity index (χ0n) is 13.1. The van der Waals surface area contributed by atoms with Crippen molar-refractivity contribution in [3.63, 3.8) is 0 Å². The molecule has 0 aromatic carbocycles. The Morgan fingerprint density at radius 2 is 2.29 bits per heavy atom. The molecule has 2 N–H and O–H groups in total. The Kier molecular flexibility index (Phi) is 4.02. The number of carbonyl (C=O) groups excluding carboxylic acids is 1. The van der Waals surface area contributed by atoms with Crippen molar-refractivity contribution in [2.45, 2.75) is 51.5 Å². The van der Waals surface area contributed by atoms with Crippen LogP contribution in [0.3, 0.4) is 0 Å². The largest absolute Gasteiger partial charge is 0.349 e. The molecule has 1 fully saturated rings. The Balaban J connectivity index is 1.76. The molecule has 0 spiro atoms. The number of nitrogens with zero attached hydrogens (tertiary/aromatic N) is 2. The van der Waals surface area contributed by atoms with Gasteiger partial charge in [-0.25, -0.2) is 0 Å². The zero-order valence-corrected chi connectivity index (χ0v) is 13.1. The summed E-state index contributed by atoms with van der Waals surface area (Å²) in [4.78, 5) is 12.9. The number of aromatic nitrogens is 2. The van der Waals surface area contributed by atoms with E-state index in [1.54, 1.807) is 0 Å². The van der Waals surface area contributed by atoms with E-state index in [4.69, 9.17) is 0 Å². The average molecular weight is 290 g/mol. The van der Waals surface area contributed by atoms with Gasteiger partial charge in [0.25, 0.3) is 0 Å². The van der Waals surface area contributed by atoms with Gasteiger partial charge in [0, 0.05) is 18.3 Å². The van der Waals surface area contributed by atoms with Crippen molar-refractivity contribution in [1.29, 1.82) is 0 Å². The molecular weight excluding hydrogens is 264 g/mol. The van der Waals surface area contributed by atoms with E-state index in [1.807, 2.05) is 17.9 Å². The van der Waals surface area contributed by atoms with Gasteiger partial charge < -0.3 is 10.6 Å². The maximum atomic E-state index is 12.9. The van der Waals surface area contributed by atoms with Gasteiger partial charge in [0.15, 0.2) is 0 Å². The molecule has 2 aliphatic rings. The molecule has 3 rings (SSSR count). The number of carbonyl (C=O) groups is 1. The van der Waals surface area contributed by atoms with Gasteiger partial charge in [0.05, 0.1) is 17.7 Å². The molecule has 1 amide bonds. The summed E-state index contributed by atoms with van der Waals surface area (Å²) in [5, 5.41) is 11.0. The van der Waals surface area contributed by atoms with Crippen LogP contribution >= 0.6 is 0 Å². The van der Waals surface area contributed by atoms with Crippen LogP contribution in [0.4, 0.5) is 0 Å². The van der Waals surface area contributed by atoms with E-state index in [0.717, 1.165) is 51.6 Å². The smallest absolute Gasteiger partial charge is 0.226 e. The summed E-state index contributed by atoms with van der Waals surface area (Å²) >= 11 is 0. The first-order chi connectivity index (χ1) is 10.2. The van der Waals surface area contributed by atoms with Crippen molar-refractivity contribution < 1.29 is 4.79 Å². The molecule has 1 aliphatic carbocycles. The minimum Gasteiger partial charge on any atom is -0.349 e. The Hall–Kier alpha value is -1.36. The number of rotatable bonds is 3. The van der Waals surface area contributed by atoms with Crippen molar-refractivity contribution in [3.05, 3.63) is 17.5 Å². The summed E-state index contributed by atoms with van der Waals surface area (Å²) in [6.07, 6.45) is 7.97. The molecule has 21 heavy (non-hydrogen) atoms. The Morgan fingerprint density at radius 3 is 3.00 bits per heavy atom. The van der Waals surface area contributed by atoms with Gasteiger partial charge in [-0.15, -0.1) is 0 Å². The van der Waals surface area contributed by atoms with Crippen molar-refractivity contribution in [1.82, 2.24) is 20.4 Å². The lowest BCUT2D eigenvalue weighted by molar-refractivity contribution is -0.133. The minimum absolute atomic E-state index is 0.147. The number of piperidine rings is 1. The number of amides is 1. The normalized spacial score (nSPS) is 24.4. The van der Waals surface area contributed by atoms with Crippen molar-refractivity contribution in [2.75, 3.05) is 13.1 Å². The average Bonchev–Trinajstić information content (AvgIpc) is 2.90. The van der Waals surface area contributed by atoms with Gasteiger partial charge in [-0.3, -0.25) is 9.48 Å². The molecule has 5 nitrogen and oxygen atoms in total. The molecule has 1 aliphatic heterocycles. The van der Waals surface area contributed by atoms with Crippen LogP contribution in [-0.2, 0) is 18.3 Å². The van der Waals surface area contributed by atoms with Crippen molar-refractivity contribution >= 4 is 5.91 Å². The van der Waals surface area contributed by atoms with E-state index in [0.29, 0.717) is 0 Å². The van der Waals surface area contributed by atoms with E-state index in [1.165, 1.54) is 11.3 Å². The fourth-order valence-electron chi connectivity index (χ4n) is 3.81. The lowest BCUT2D eigenvalue weighted by Crippen LogP contribution is -2.48. The quantitative estimate of drug-likeness (QED) is 0.890. The van der Waals surface area contributed by atoms with Crippen LogP contribution in [0.2, 0.25) is 0 Å². The number of fused-ring (bicyclic) bond motifs is 1. The molecule has 1 saturated heterocycles. The van der Waals surface area contributed by atoms with Gasteiger partial charge in [-0.2, -0.15) is 5.10 Å². The van der Waals surface area contributed by atoms with Gasteiger partial charge >= 0.3 is 0 Å². The molecule has 0 radical (unpaired) electrons. The summed E-state index contributed by atoms with van der Waals surface area (Å²) in [5.41, 5.74) is 2.32.